The minimum atomic E-state index is -0.0887. The van der Waals surface area contributed by atoms with Crippen LogP contribution < -0.4 is 4.74 Å². The second-order valence-electron chi connectivity index (χ2n) is 4.67. The lowest BCUT2D eigenvalue weighted by atomic mass is 9.99. The second kappa shape index (κ2) is 5.65. The van der Waals surface area contributed by atoms with E-state index in [1.54, 1.807) is 18.2 Å². The van der Waals surface area contributed by atoms with Crippen molar-refractivity contribution in [3.8, 4) is 5.88 Å². The third kappa shape index (κ3) is 2.99. The molecule has 3 heteroatoms. The van der Waals surface area contributed by atoms with Gasteiger partial charge in [-0.15, -0.1) is 0 Å². The third-order valence-corrected chi connectivity index (χ3v) is 3.00. The van der Waals surface area contributed by atoms with Gasteiger partial charge in [-0.3, -0.25) is 4.79 Å². The van der Waals surface area contributed by atoms with Crippen LogP contribution in [0.15, 0.2) is 42.5 Å². The highest BCUT2D eigenvalue weighted by molar-refractivity contribution is 6.07. The van der Waals surface area contributed by atoms with E-state index in [1.165, 1.54) is 12.7 Å². The van der Waals surface area contributed by atoms with Crippen LogP contribution in [-0.2, 0) is 0 Å². The van der Waals surface area contributed by atoms with Gasteiger partial charge in [-0.2, -0.15) is 0 Å². The first kappa shape index (κ1) is 13.3. The van der Waals surface area contributed by atoms with Crippen molar-refractivity contribution in [2.24, 2.45) is 0 Å². The van der Waals surface area contributed by atoms with Gasteiger partial charge in [0, 0.05) is 11.6 Å². The standard InChI is InChI=1S/C16H17NO2/c1-11(2)12-7-9-13(10-8-12)16(18)14-5-4-6-15(17-14)19-3/h4-11H,1-3H3. The van der Waals surface area contributed by atoms with Gasteiger partial charge in [0.25, 0.3) is 0 Å². The van der Waals surface area contributed by atoms with E-state index in [9.17, 15) is 4.79 Å². The SMILES string of the molecule is COc1cccc(C(=O)c2ccc(C(C)C)cc2)n1. The molecule has 1 heterocycles. The van der Waals surface area contributed by atoms with Crippen molar-refractivity contribution in [1.82, 2.24) is 4.98 Å². The lowest BCUT2D eigenvalue weighted by molar-refractivity contribution is 0.103. The maximum Gasteiger partial charge on any atom is 0.213 e. The summed E-state index contributed by atoms with van der Waals surface area (Å²) in [6.45, 7) is 4.25. The Morgan fingerprint density at radius 1 is 1.11 bits per heavy atom. The number of ether oxygens (including phenoxy) is 1. The van der Waals surface area contributed by atoms with Gasteiger partial charge in [-0.1, -0.05) is 44.2 Å². The van der Waals surface area contributed by atoms with E-state index >= 15 is 0 Å². The molecule has 2 aromatic rings. The van der Waals surface area contributed by atoms with Gasteiger partial charge in [0.1, 0.15) is 5.69 Å². The van der Waals surface area contributed by atoms with Gasteiger partial charge in [-0.25, -0.2) is 4.98 Å². The molecular formula is C16H17NO2. The van der Waals surface area contributed by atoms with E-state index in [-0.39, 0.29) is 5.78 Å². The summed E-state index contributed by atoms with van der Waals surface area (Å²) in [5.74, 6) is 0.818. The number of pyridine rings is 1. The van der Waals surface area contributed by atoms with Gasteiger partial charge < -0.3 is 4.74 Å². The molecule has 1 aromatic carbocycles. The number of rotatable bonds is 4. The highest BCUT2D eigenvalue weighted by Crippen LogP contribution is 2.17. The molecule has 0 bridgehead atoms. The van der Waals surface area contributed by atoms with Crippen LogP contribution in [0.2, 0.25) is 0 Å². The number of methoxy groups -OCH3 is 1. The Hall–Kier alpha value is -2.16. The highest BCUT2D eigenvalue weighted by atomic mass is 16.5. The van der Waals surface area contributed by atoms with Crippen molar-refractivity contribution >= 4 is 5.78 Å². The van der Waals surface area contributed by atoms with E-state index < -0.39 is 0 Å². The molecule has 0 atom stereocenters. The number of nitrogens with zero attached hydrogens (tertiary/aromatic N) is 1. The first-order chi connectivity index (χ1) is 9.11. The number of carbonyl (C=O) groups excluding carboxylic acids is 1. The number of carbonyl (C=O) groups is 1. The normalized spacial score (nSPS) is 10.5. The monoisotopic (exact) mass is 255 g/mol. The minimum Gasteiger partial charge on any atom is -0.481 e. The molecule has 0 spiro atoms. The zero-order chi connectivity index (χ0) is 13.8. The molecule has 0 aliphatic heterocycles. The van der Waals surface area contributed by atoms with Crippen LogP contribution in [0.25, 0.3) is 0 Å². The fourth-order valence-corrected chi connectivity index (χ4v) is 1.82. The lowest BCUT2D eigenvalue weighted by Gasteiger charge is -2.06. The van der Waals surface area contributed by atoms with Gasteiger partial charge in [0.05, 0.1) is 7.11 Å². The largest absolute Gasteiger partial charge is 0.481 e. The van der Waals surface area contributed by atoms with Gasteiger partial charge in [0.2, 0.25) is 11.7 Å². The summed E-state index contributed by atoms with van der Waals surface area (Å²) in [6.07, 6.45) is 0. The van der Waals surface area contributed by atoms with Gasteiger partial charge in [-0.05, 0) is 17.5 Å². The zero-order valence-corrected chi connectivity index (χ0v) is 11.4. The summed E-state index contributed by atoms with van der Waals surface area (Å²) in [7, 11) is 1.54. The maximum absolute atomic E-state index is 12.3. The molecule has 3 nitrogen and oxygen atoms in total. The van der Waals surface area contributed by atoms with E-state index in [2.05, 4.69) is 18.8 Å². The molecule has 0 N–H and O–H groups in total. The molecular weight excluding hydrogens is 238 g/mol. The Morgan fingerprint density at radius 3 is 2.37 bits per heavy atom. The molecule has 0 amide bonds. The van der Waals surface area contributed by atoms with Crippen molar-refractivity contribution < 1.29 is 9.53 Å². The van der Waals surface area contributed by atoms with Crippen LogP contribution in [0.1, 0.15) is 41.4 Å². The summed E-state index contributed by atoms with van der Waals surface area (Å²) in [5.41, 5.74) is 2.26. The Balaban J connectivity index is 2.28. The van der Waals surface area contributed by atoms with Crippen molar-refractivity contribution in [2.75, 3.05) is 7.11 Å². The van der Waals surface area contributed by atoms with Gasteiger partial charge >= 0.3 is 0 Å². The second-order valence-corrected chi connectivity index (χ2v) is 4.67. The van der Waals surface area contributed by atoms with Gasteiger partial charge in [0.15, 0.2) is 0 Å². The Kier molecular flexibility index (Phi) is 3.95. The van der Waals surface area contributed by atoms with E-state index in [0.29, 0.717) is 23.1 Å². The minimum absolute atomic E-state index is 0.0887. The lowest BCUT2D eigenvalue weighted by Crippen LogP contribution is -2.05. The Morgan fingerprint density at radius 2 is 1.79 bits per heavy atom. The van der Waals surface area contributed by atoms with Crippen LogP contribution in [0.3, 0.4) is 0 Å². The number of ketones is 1. The smallest absolute Gasteiger partial charge is 0.213 e. The van der Waals surface area contributed by atoms with Crippen LogP contribution in [0.4, 0.5) is 0 Å². The number of aromatic nitrogens is 1. The van der Waals surface area contributed by atoms with Crippen LogP contribution in [0.5, 0.6) is 5.88 Å². The van der Waals surface area contributed by atoms with Crippen molar-refractivity contribution in [3.05, 3.63) is 59.3 Å². The first-order valence-corrected chi connectivity index (χ1v) is 6.27. The predicted octanol–water partition coefficient (Wildman–Crippen LogP) is 3.44. The molecule has 0 aliphatic carbocycles. The first-order valence-electron chi connectivity index (χ1n) is 6.27. The topological polar surface area (TPSA) is 39.2 Å². The molecule has 1 aromatic heterocycles. The van der Waals surface area contributed by atoms with Crippen molar-refractivity contribution in [1.29, 1.82) is 0 Å². The van der Waals surface area contributed by atoms with Crippen LogP contribution in [-0.4, -0.2) is 17.9 Å². The molecule has 0 saturated carbocycles. The molecule has 0 radical (unpaired) electrons. The van der Waals surface area contributed by atoms with Crippen molar-refractivity contribution in [2.45, 2.75) is 19.8 Å². The summed E-state index contributed by atoms with van der Waals surface area (Å²) in [6, 6.07) is 12.8. The van der Waals surface area contributed by atoms with E-state index in [1.807, 2.05) is 24.3 Å². The Labute approximate surface area is 113 Å². The van der Waals surface area contributed by atoms with Crippen LogP contribution >= 0.6 is 0 Å². The third-order valence-electron chi connectivity index (χ3n) is 3.00. The van der Waals surface area contributed by atoms with Crippen molar-refractivity contribution in [3.63, 3.8) is 0 Å². The number of hydrogen-bond acceptors (Lipinski definition) is 3. The Bertz CT molecular complexity index is 574. The van der Waals surface area contributed by atoms with Crippen LogP contribution in [0, 0.1) is 0 Å². The fourth-order valence-electron chi connectivity index (χ4n) is 1.82. The number of benzene rings is 1. The number of hydrogen-bond donors (Lipinski definition) is 0. The predicted molar refractivity (Wildman–Crippen MR) is 74.8 cm³/mol. The molecule has 0 fully saturated rings. The molecule has 19 heavy (non-hydrogen) atoms. The summed E-state index contributed by atoms with van der Waals surface area (Å²) in [4.78, 5) is 16.4. The fraction of sp³-hybridized carbons (Fsp3) is 0.250. The molecule has 0 aliphatic rings. The van der Waals surface area contributed by atoms with E-state index in [0.717, 1.165) is 0 Å². The highest BCUT2D eigenvalue weighted by Gasteiger charge is 2.11. The summed E-state index contributed by atoms with van der Waals surface area (Å²) < 4.78 is 5.03. The molecule has 0 saturated heterocycles. The zero-order valence-electron chi connectivity index (χ0n) is 11.4. The maximum atomic E-state index is 12.3. The van der Waals surface area contributed by atoms with E-state index in [4.69, 9.17) is 4.74 Å². The average molecular weight is 255 g/mol. The average Bonchev–Trinajstić information content (AvgIpc) is 2.46. The summed E-state index contributed by atoms with van der Waals surface area (Å²) >= 11 is 0. The quantitative estimate of drug-likeness (QED) is 0.785. The molecule has 2 rings (SSSR count). The summed E-state index contributed by atoms with van der Waals surface area (Å²) in [5, 5.41) is 0. The molecule has 0 unspecified atom stereocenters. The molecule has 98 valence electrons.